The molecular weight excluding hydrogens is 465 g/mol. The van der Waals surface area contributed by atoms with E-state index in [1.165, 1.54) is 17.7 Å². The molecule has 0 aliphatic carbocycles. The van der Waals surface area contributed by atoms with Crippen LogP contribution in [0.4, 0.5) is 13.2 Å². The Bertz CT molecular complexity index is 1230. The topological polar surface area (TPSA) is 45.6 Å². The van der Waals surface area contributed by atoms with Gasteiger partial charge in [-0.15, -0.1) is 0 Å². The van der Waals surface area contributed by atoms with Gasteiger partial charge in [0.1, 0.15) is 5.75 Å². The number of nitrogens with zero attached hydrogens (tertiary/aromatic N) is 2. The van der Waals surface area contributed by atoms with E-state index in [4.69, 9.17) is 4.74 Å². The minimum absolute atomic E-state index is 0.000139. The van der Waals surface area contributed by atoms with Crippen LogP contribution in [0.25, 0.3) is 10.9 Å². The molecule has 190 valence electrons. The third kappa shape index (κ3) is 6.37. The Balaban J connectivity index is 1.32. The standard InChI is InChI=1S/C29H31F3N2O2/c1-36-25-11-12-28-26(18-25)22(13-15-33-28)8-4-7-21-14-17-34(19-24(21)20-35)16-5-9-23-6-2-3-10-27(23)29(30,31)32/h2-3,6,10-13,15,18,21,24,35H,4,7-8,14,16-17,19-20H2,1H3/t21-,24-/m1/s1. The van der Waals surface area contributed by atoms with E-state index in [1.807, 2.05) is 24.4 Å². The lowest BCUT2D eigenvalue weighted by Crippen LogP contribution is -2.42. The van der Waals surface area contributed by atoms with E-state index >= 15 is 0 Å². The molecule has 3 aromatic rings. The highest BCUT2D eigenvalue weighted by molar-refractivity contribution is 5.83. The summed E-state index contributed by atoms with van der Waals surface area (Å²) in [5, 5.41) is 11.1. The van der Waals surface area contributed by atoms with E-state index < -0.39 is 11.7 Å². The number of pyridine rings is 1. The fourth-order valence-corrected chi connectivity index (χ4v) is 5.05. The molecular formula is C29H31F3N2O2. The summed E-state index contributed by atoms with van der Waals surface area (Å²) < 4.78 is 44.9. The van der Waals surface area contributed by atoms with Gasteiger partial charge in [-0.25, -0.2) is 0 Å². The summed E-state index contributed by atoms with van der Waals surface area (Å²) in [6, 6.07) is 13.4. The van der Waals surface area contributed by atoms with E-state index in [9.17, 15) is 18.3 Å². The molecule has 1 aromatic heterocycles. The molecule has 4 nitrogen and oxygen atoms in total. The van der Waals surface area contributed by atoms with Gasteiger partial charge in [0, 0.05) is 30.3 Å². The maximum atomic E-state index is 13.2. The van der Waals surface area contributed by atoms with Gasteiger partial charge < -0.3 is 9.84 Å². The lowest BCUT2D eigenvalue weighted by atomic mass is 9.82. The molecule has 1 saturated heterocycles. The van der Waals surface area contributed by atoms with Crippen LogP contribution >= 0.6 is 0 Å². The zero-order chi connectivity index (χ0) is 25.5. The van der Waals surface area contributed by atoms with Gasteiger partial charge in [0.15, 0.2) is 0 Å². The van der Waals surface area contributed by atoms with Gasteiger partial charge in [0.25, 0.3) is 0 Å². The Hall–Kier alpha value is -3.08. The van der Waals surface area contributed by atoms with Crippen molar-refractivity contribution in [3.05, 3.63) is 71.4 Å². The Morgan fingerprint density at radius 2 is 1.97 bits per heavy atom. The molecule has 2 heterocycles. The number of hydrogen-bond acceptors (Lipinski definition) is 4. The minimum atomic E-state index is -4.42. The zero-order valence-electron chi connectivity index (χ0n) is 20.4. The van der Waals surface area contributed by atoms with E-state index in [0.29, 0.717) is 19.0 Å². The summed E-state index contributed by atoms with van der Waals surface area (Å²) in [6.45, 7) is 2.01. The predicted molar refractivity (Wildman–Crippen MR) is 135 cm³/mol. The van der Waals surface area contributed by atoms with Crippen molar-refractivity contribution < 1.29 is 23.0 Å². The first-order chi connectivity index (χ1) is 17.4. The highest BCUT2D eigenvalue weighted by atomic mass is 19.4. The number of aromatic nitrogens is 1. The number of hydrogen-bond donors (Lipinski definition) is 1. The number of methoxy groups -OCH3 is 1. The number of aliphatic hydroxyl groups is 1. The molecule has 2 atom stereocenters. The van der Waals surface area contributed by atoms with Crippen molar-refractivity contribution in [3.8, 4) is 17.6 Å². The molecule has 0 spiro atoms. The minimum Gasteiger partial charge on any atom is -0.497 e. The average molecular weight is 497 g/mol. The molecule has 0 radical (unpaired) electrons. The predicted octanol–water partition coefficient (Wildman–Crippen LogP) is 5.57. The molecule has 0 saturated carbocycles. The van der Waals surface area contributed by atoms with Crippen LogP contribution in [0.5, 0.6) is 5.75 Å². The molecule has 36 heavy (non-hydrogen) atoms. The molecule has 1 aliphatic heterocycles. The first kappa shape index (κ1) is 26.0. The van der Waals surface area contributed by atoms with Crippen molar-refractivity contribution in [1.82, 2.24) is 9.88 Å². The number of halogens is 3. The molecule has 1 N–H and O–H groups in total. The van der Waals surface area contributed by atoms with E-state index in [1.54, 1.807) is 13.2 Å². The molecule has 2 aromatic carbocycles. The quantitative estimate of drug-likeness (QED) is 0.435. The van der Waals surface area contributed by atoms with Gasteiger partial charge in [-0.1, -0.05) is 24.0 Å². The second-order valence-electron chi connectivity index (χ2n) is 9.32. The Kier molecular flexibility index (Phi) is 8.50. The van der Waals surface area contributed by atoms with E-state index in [-0.39, 0.29) is 18.1 Å². The van der Waals surface area contributed by atoms with Gasteiger partial charge in [0.05, 0.1) is 24.7 Å². The average Bonchev–Trinajstić information content (AvgIpc) is 2.88. The number of aryl methyl sites for hydroxylation is 1. The maximum absolute atomic E-state index is 13.2. The van der Waals surface area contributed by atoms with Gasteiger partial charge in [0.2, 0.25) is 0 Å². The van der Waals surface area contributed by atoms with Gasteiger partial charge >= 0.3 is 6.18 Å². The Morgan fingerprint density at radius 3 is 2.75 bits per heavy atom. The summed E-state index contributed by atoms with van der Waals surface area (Å²) in [6.07, 6.45) is 1.31. The molecule has 1 fully saturated rings. The van der Waals surface area contributed by atoms with Crippen molar-refractivity contribution >= 4 is 10.9 Å². The first-order valence-electron chi connectivity index (χ1n) is 12.3. The number of piperidine rings is 1. The Labute approximate surface area is 210 Å². The second-order valence-corrected chi connectivity index (χ2v) is 9.32. The third-order valence-electron chi connectivity index (χ3n) is 7.03. The fourth-order valence-electron chi connectivity index (χ4n) is 5.05. The normalized spacial score (nSPS) is 18.6. The smallest absolute Gasteiger partial charge is 0.417 e. The van der Waals surface area contributed by atoms with Crippen molar-refractivity contribution in [1.29, 1.82) is 0 Å². The van der Waals surface area contributed by atoms with Crippen LogP contribution in [0.2, 0.25) is 0 Å². The van der Waals surface area contributed by atoms with Crippen LogP contribution in [0.15, 0.2) is 54.7 Å². The van der Waals surface area contributed by atoms with Crippen LogP contribution < -0.4 is 4.74 Å². The van der Waals surface area contributed by atoms with E-state index in [0.717, 1.165) is 54.9 Å². The van der Waals surface area contributed by atoms with Crippen LogP contribution in [-0.2, 0) is 12.6 Å². The summed E-state index contributed by atoms with van der Waals surface area (Å²) >= 11 is 0. The van der Waals surface area contributed by atoms with E-state index in [2.05, 4.69) is 27.8 Å². The number of aliphatic hydroxyl groups excluding tert-OH is 1. The van der Waals surface area contributed by atoms with Gasteiger partial charge in [-0.2, -0.15) is 13.2 Å². The number of rotatable bonds is 7. The lowest BCUT2D eigenvalue weighted by molar-refractivity contribution is -0.137. The number of benzene rings is 2. The number of likely N-dealkylation sites (tertiary alicyclic amines) is 1. The molecule has 0 unspecified atom stereocenters. The summed E-state index contributed by atoms with van der Waals surface area (Å²) in [7, 11) is 1.66. The van der Waals surface area contributed by atoms with Crippen molar-refractivity contribution in [2.45, 2.75) is 31.9 Å². The fraction of sp³-hybridized carbons (Fsp3) is 0.414. The summed E-state index contributed by atoms with van der Waals surface area (Å²) in [5.74, 6) is 6.97. The highest BCUT2D eigenvalue weighted by Gasteiger charge is 2.32. The van der Waals surface area contributed by atoms with Crippen molar-refractivity contribution in [2.24, 2.45) is 11.8 Å². The monoisotopic (exact) mass is 496 g/mol. The summed E-state index contributed by atoms with van der Waals surface area (Å²) in [5.41, 5.74) is 1.49. The molecule has 4 rings (SSSR count). The third-order valence-corrected chi connectivity index (χ3v) is 7.03. The number of fused-ring (bicyclic) bond motifs is 1. The molecule has 1 aliphatic rings. The highest BCUT2D eigenvalue weighted by Crippen LogP contribution is 2.32. The van der Waals surface area contributed by atoms with Gasteiger partial charge in [-0.3, -0.25) is 9.88 Å². The molecule has 0 bridgehead atoms. The van der Waals surface area contributed by atoms with Crippen LogP contribution in [0, 0.1) is 23.7 Å². The van der Waals surface area contributed by atoms with Gasteiger partial charge in [-0.05, 0) is 86.0 Å². The second kappa shape index (κ2) is 11.8. The summed E-state index contributed by atoms with van der Waals surface area (Å²) in [4.78, 5) is 6.58. The lowest BCUT2D eigenvalue weighted by Gasteiger charge is -2.37. The Morgan fingerprint density at radius 1 is 1.14 bits per heavy atom. The van der Waals surface area contributed by atoms with Crippen molar-refractivity contribution in [2.75, 3.05) is 33.4 Å². The van der Waals surface area contributed by atoms with Crippen LogP contribution in [-0.4, -0.2) is 48.3 Å². The van der Waals surface area contributed by atoms with Crippen LogP contribution in [0.1, 0.15) is 36.0 Å². The molecule has 0 amide bonds. The number of ether oxygens (including phenoxy) is 1. The van der Waals surface area contributed by atoms with Crippen molar-refractivity contribution in [3.63, 3.8) is 0 Å². The maximum Gasteiger partial charge on any atom is 0.417 e. The zero-order valence-corrected chi connectivity index (χ0v) is 20.4. The SMILES string of the molecule is COc1ccc2nccc(CCC[C@@H]3CCN(CC#Cc4ccccc4C(F)(F)F)C[C@@H]3CO)c2c1. The first-order valence-corrected chi connectivity index (χ1v) is 12.3. The van der Waals surface area contributed by atoms with Crippen LogP contribution in [0.3, 0.4) is 0 Å². The number of alkyl halides is 3. The largest absolute Gasteiger partial charge is 0.497 e. The molecule has 7 heteroatoms.